The lowest BCUT2D eigenvalue weighted by Gasteiger charge is -2.43. The molecule has 3 aliphatic rings. The normalized spacial score (nSPS) is 23.0. The summed E-state index contributed by atoms with van der Waals surface area (Å²) in [6.45, 7) is 6.01. The molecule has 0 radical (unpaired) electrons. The number of piperazine rings is 1. The fourth-order valence-corrected chi connectivity index (χ4v) is 8.77. The molecule has 5 rings (SSSR count). The molecule has 2 heterocycles. The van der Waals surface area contributed by atoms with E-state index in [1.807, 2.05) is 17.0 Å². The molecule has 3 fully saturated rings. The summed E-state index contributed by atoms with van der Waals surface area (Å²) in [6.07, 6.45) is 9.85. The summed E-state index contributed by atoms with van der Waals surface area (Å²) in [5.74, 6) is -0.650. The van der Waals surface area contributed by atoms with Gasteiger partial charge in [0.1, 0.15) is 5.82 Å². The van der Waals surface area contributed by atoms with Crippen LogP contribution in [0.15, 0.2) is 36.4 Å². The van der Waals surface area contributed by atoms with Crippen molar-refractivity contribution in [1.82, 2.24) is 14.7 Å². The van der Waals surface area contributed by atoms with Crippen molar-refractivity contribution in [2.45, 2.75) is 83.3 Å². The summed E-state index contributed by atoms with van der Waals surface area (Å²) in [4.78, 5) is 20.9. The van der Waals surface area contributed by atoms with E-state index in [2.05, 4.69) is 9.80 Å². The zero-order valence-electron chi connectivity index (χ0n) is 25.8. The van der Waals surface area contributed by atoms with Crippen molar-refractivity contribution >= 4 is 87.1 Å². The van der Waals surface area contributed by atoms with Gasteiger partial charge in [-0.2, -0.15) is 0 Å². The largest absolute Gasteiger partial charge is 0.342 e. The van der Waals surface area contributed by atoms with Gasteiger partial charge in [-0.25, -0.2) is 4.39 Å². The fraction of sp³-hybridized carbons (Fsp3) is 0.618. The molecule has 0 aromatic heterocycles. The van der Waals surface area contributed by atoms with Gasteiger partial charge in [-0.15, -0.1) is 0 Å². The van der Waals surface area contributed by atoms with Crippen LogP contribution < -0.4 is 0 Å². The second-order valence-electron chi connectivity index (χ2n) is 13.1. The Bertz CT molecular complexity index is 1330. The van der Waals surface area contributed by atoms with Crippen LogP contribution in [-0.4, -0.2) is 72.5 Å². The highest BCUT2D eigenvalue weighted by Gasteiger charge is 2.41. The molecule has 1 amide bonds. The van der Waals surface area contributed by atoms with Gasteiger partial charge in [-0.05, 0) is 56.3 Å². The molecule has 2 aliphatic heterocycles. The fourth-order valence-electron chi connectivity index (χ4n) is 7.58. The smallest absolute Gasteiger partial charge is 0.227 e. The van der Waals surface area contributed by atoms with Crippen molar-refractivity contribution in [2.75, 3.05) is 45.8 Å². The molecule has 0 bridgehead atoms. The predicted molar refractivity (Wildman–Crippen MR) is 192 cm³/mol. The molecule has 0 N–H and O–H groups in total. The van der Waals surface area contributed by atoms with Crippen molar-refractivity contribution in [3.05, 3.63) is 69.5 Å². The van der Waals surface area contributed by atoms with E-state index < -0.39 is 18.8 Å². The van der Waals surface area contributed by atoms with Gasteiger partial charge >= 0.3 is 0 Å². The highest BCUT2D eigenvalue weighted by Crippen LogP contribution is 2.50. The number of hydrogen-bond acceptors (Lipinski definition) is 3. The van der Waals surface area contributed by atoms with Crippen LogP contribution in [0, 0.1) is 5.82 Å². The Kier molecular flexibility index (Phi) is 12.7. The number of nitrogens with zero attached hydrogens (tertiary/aromatic N) is 3. The lowest BCUT2D eigenvalue weighted by molar-refractivity contribution is -0.131. The van der Waals surface area contributed by atoms with Gasteiger partial charge in [0.2, 0.25) is 13.5 Å². The van der Waals surface area contributed by atoms with Crippen molar-refractivity contribution in [3.8, 4) is 0 Å². The third kappa shape index (κ3) is 9.11. The topological polar surface area (TPSA) is 26.8 Å². The summed E-state index contributed by atoms with van der Waals surface area (Å²) in [5, 5.41) is 0.247. The first-order chi connectivity index (χ1) is 21.8. The van der Waals surface area contributed by atoms with E-state index in [0.29, 0.717) is 30.3 Å². The first-order valence-electron chi connectivity index (χ1n) is 16.2. The zero-order chi connectivity index (χ0) is 33.1. The summed E-state index contributed by atoms with van der Waals surface area (Å²) >= 11 is 44.7. The van der Waals surface area contributed by atoms with Crippen LogP contribution in [0.2, 0.25) is 5.02 Å². The van der Waals surface area contributed by atoms with Gasteiger partial charge < -0.3 is 9.80 Å². The van der Waals surface area contributed by atoms with Crippen LogP contribution >= 0.6 is 81.2 Å². The molecule has 1 aliphatic carbocycles. The maximum absolute atomic E-state index is 14.7. The molecule has 12 heteroatoms. The molecule has 254 valence electrons. The molecule has 1 atom stereocenters. The molecule has 1 saturated carbocycles. The highest BCUT2D eigenvalue weighted by molar-refractivity contribution is 6.69. The minimum Gasteiger partial charge on any atom is -0.342 e. The number of halogens is 8. The van der Waals surface area contributed by atoms with E-state index in [4.69, 9.17) is 81.2 Å². The molecule has 0 unspecified atom stereocenters. The van der Waals surface area contributed by atoms with Gasteiger partial charge in [-0.3, -0.25) is 9.69 Å². The second-order valence-corrected chi connectivity index (χ2v) is 18.1. The number of rotatable bonds is 7. The van der Waals surface area contributed by atoms with Crippen LogP contribution in [-0.2, 0) is 24.2 Å². The predicted octanol–water partition coefficient (Wildman–Crippen LogP) is 9.97. The Morgan fingerprint density at radius 2 is 1.54 bits per heavy atom. The molecular weight excluding hydrogens is 734 g/mol. The van der Waals surface area contributed by atoms with Gasteiger partial charge in [0.25, 0.3) is 0 Å². The quantitative estimate of drug-likeness (QED) is 0.262. The summed E-state index contributed by atoms with van der Waals surface area (Å²) in [7, 11) is 0. The van der Waals surface area contributed by atoms with E-state index >= 15 is 0 Å². The number of carbonyl (C=O) groups excluding carboxylic acids is 1. The SMILES string of the molecule is O=C(Cc1c(F)cccc1Cl)N1CCCC[C@](CCN2CCN(C3CCCCC3)CC2)(c2ccc(C(Cl)(Cl)Cl)c(C(Cl)(Cl)Cl)c2)C1. The number of alkyl halides is 6. The van der Waals surface area contributed by atoms with Crippen LogP contribution in [0.3, 0.4) is 0 Å². The Morgan fingerprint density at radius 1 is 0.848 bits per heavy atom. The minimum absolute atomic E-state index is 0.115. The first kappa shape index (κ1) is 37.1. The van der Waals surface area contributed by atoms with Crippen molar-refractivity contribution in [3.63, 3.8) is 0 Å². The van der Waals surface area contributed by atoms with E-state index in [-0.39, 0.29) is 22.9 Å². The lowest BCUT2D eigenvalue weighted by atomic mass is 9.73. The number of carbonyl (C=O) groups is 1. The average Bonchev–Trinajstić information content (AvgIpc) is 3.25. The molecular formula is C34H41Cl7FN3O. The van der Waals surface area contributed by atoms with E-state index in [1.54, 1.807) is 18.2 Å². The third-order valence-electron chi connectivity index (χ3n) is 10.2. The average molecular weight is 775 g/mol. The van der Waals surface area contributed by atoms with Crippen LogP contribution in [0.4, 0.5) is 4.39 Å². The minimum atomic E-state index is -1.84. The summed E-state index contributed by atoms with van der Waals surface area (Å²) in [6, 6.07) is 10.7. The monoisotopic (exact) mass is 771 g/mol. The van der Waals surface area contributed by atoms with Gasteiger partial charge in [-0.1, -0.05) is 131 Å². The lowest BCUT2D eigenvalue weighted by Crippen LogP contribution is -2.52. The third-order valence-corrected chi connectivity index (χ3v) is 11.8. The summed E-state index contributed by atoms with van der Waals surface area (Å²) < 4.78 is 11.1. The molecule has 4 nitrogen and oxygen atoms in total. The Balaban J connectivity index is 1.43. The van der Waals surface area contributed by atoms with Crippen molar-refractivity contribution in [2.24, 2.45) is 0 Å². The molecule has 0 spiro atoms. The van der Waals surface area contributed by atoms with Crippen LogP contribution in [0.5, 0.6) is 0 Å². The molecule has 46 heavy (non-hydrogen) atoms. The van der Waals surface area contributed by atoms with Gasteiger partial charge in [0.05, 0.1) is 6.42 Å². The standard InChI is InChI=1S/C34H41Cl7FN3O/c35-29-9-6-10-30(42)26(29)22-31(46)45-15-5-4-13-32(23-45,24-11-12-27(33(36,37)38)28(21-24)34(39,40)41)14-16-43-17-19-44(20-18-43)25-7-2-1-3-8-25/h6,9-12,21,25H,1-5,7-8,13-20,22-23H2/t32-/m1/s1. The van der Waals surface area contributed by atoms with E-state index in [1.165, 1.54) is 38.2 Å². The summed E-state index contributed by atoms with van der Waals surface area (Å²) in [5.41, 5.74) is 1.27. The maximum Gasteiger partial charge on any atom is 0.227 e. The highest BCUT2D eigenvalue weighted by atomic mass is 35.6. The van der Waals surface area contributed by atoms with Gasteiger partial charge in [0.15, 0.2) is 0 Å². The Labute approximate surface area is 307 Å². The van der Waals surface area contributed by atoms with Crippen molar-refractivity contribution < 1.29 is 9.18 Å². The maximum atomic E-state index is 14.7. The molecule has 2 aromatic rings. The second kappa shape index (κ2) is 15.8. The van der Waals surface area contributed by atoms with E-state index in [0.717, 1.165) is 64.0 Å². The Morgan fingerprint density at radius 3 is 2.20 bits per heavy atom. The van der Waals surface area contributed by atoms with Gasteiger partial charge in [0, 0.05) is 72.4 Å². The number of hydrogen-bond donors (Lipinski definition) is 0. The molecule has 2 saturated heterocycles. The first-order valence-corrected chi connectivity index (χ1v) is 18.9. The number of likely N-dealkylation sites (tertiary alicyclic amines) is 1. The van der Waals surface area contributed by atoms with E-state index in [9.17, 15) is 9.18 Å². The molecule has 2 aromatic carbocycles. The number of amides is 1. The zero-order valence-corrected chi connectivity index (χ0v) is 31.1. The Hall–Kier alpha value is -0.210. The van der Waals surface area contributed by atoms with Crippen LogP contribution in [0.1, 0.15) is 80.0 Å². The van der Waals surface area contributed by atoms with Crippen molar-refractivity contribution in [1.29, 1.82) is 0 Å². The van der Waals surface area contributed by atoms with Crippen LogP contribution in [0.25, 0.3) is 0 Å². The number of benzene rings is 2.